The van der Waals surface area contributed by atoms with Gasteiger partial charge >= 0.3 is 5.97 Å². The second kappa shape index (κ2) is 9.88. The molecule has 3 saturated carbocycles. The van der Waals surface area contributed by atoms with Gasteiger partial charge in [-0.1, -0.05) is 60.8 Å². The summed E-state index contributed by atoms with van der Waals surface area (Å²) in [5.41, 5.74) is 9.69. The molecule has 200 valence electrons. The summed E-state index contributed by atoms with van der Waals surface area (Å²) in [7, 11) is 0. The molecular formula is C31H34Cl2N2O3. The molecule has 5 rings (SSSR count). The number of primary amides is 1. The minimum Gasteiger partial charge on any atom is -0.462 e. The molecule has 2 N–H and O–H groups in total. The number of carbonyl (C=O) groups excluding carboxylic acids is 2. The lowest BCUT2D eigenvalue weighted by Crippen LogP contribution is -2.50. The fourth-order valence-electron chi connectivity index (χ4n) is 8.29. The largest absolute Gasteiger partial charge is 0.462 e. The topological polar surface area (TPSA) is 93.2 Å². The van der Waals surface area contributed by atoms with E-state index < -0.39 is 5.91 Å². The van der Waals surface area contributed by atoms with Gasteiger partial charge in [0.1, 0.15) is 17.7 Å². The third-order valence-electron chi connectivity index (χ3n) is 10.0. The molecule has 1 amide bonds. The number of esters is 1. The van der Waals surface area contributed by atoms with Crippen LogP contribution < -0.4 is 5.73 Å². The first-order valence-corrected chi connectivity index (χ1v) is 14.2. The van der Waals surface area contributed by atoms with Gasteiger partial charge in [-0.25, -0.2) is 0 Å². The normalized spacial score (nSPS) is 36.3. The van der Waals surface area contributed by atoms with E-state index in [0.29, 0.717) is 21.9 Å². The van der Waals surface area contributed by atoms with Crippen LogP contribution in [0.5, 0.6) is 0 Å². The van der Waals surface area contributed by atoms with E-state index in [9.17, 15) is 14.9 Å². The van der Waals surface area contributed by atoms with Gasteiger partial charge in [0.15, 0.2) is 0 Å². The monoisotopic (exact) mass is 552 g/mol. The van der Waals surface area contributed by atoms with Crippen LogP contribution in [0.4, 0.5) is 0 Å². The first kappa shape index (κ1) is 27.0. The predicted molar refractivity (Wildman–Crippen MR) is 149 cm³/mol. The van der Waals surface area contributed by atoms with E-state index >= 15 is 0 Å². The van der Waals surface area contributed by atoms with E-state index in [1.165, 1.54) is 12.5 Å². The molecule has 4 aliphatic rings. The van der Waals surface area contributed by atoms with Crippen molar-refractivity contribution in [3.63, 3.8) is 0 Å². The number of rotatable bonds is 3. The van der Waals surface area contributed by atoms with Gasteiger partial charge in [0.05, 0.1) is 10.0 Å². The lowest BCUT2D eigenvalue weighted by atomic mass is 9.47. The molecule has 38 heavy (non-hydrogen) atoms. The van der Waals surface area contributed by atoms with Gasteiger partial charge < -0.3 is 10.5 Å². The van der Waals surface area contributed by atoms with Crippen molar-refractivity contribution in [2.75, 3.05) is 0 Å². The number of amides is 1. The average molecular weight is 554 g/mol. The number of nitriles is 1. The Balaban J connectivity index is 1.56. The fraction of sp³-hybridized carbons (Fsp3) is 0.516. The Labute approximate surface area is 234 Å². The van der Waals surface area contributed by atoms with Gasteiger partial charge in [-0.05, 0) is 96.0 Å². The van der Waals surface area contributed by atoms with E-state index in [2.05, 4.69) is 26.0 Å². The highest BCUT2D eigenvalue weighted by Crippen LogP contribution is 2.67. The molecular weight excluding hydrogens is 519 g/mol. The van der Waals surface area contributed by atoms with Crippen molar-refractivity contribution >= 4 is 41.2 Å². The van der Waals surface area contributed by atoms with E-state index in [1.807, 2.05) is 18.2 Å². The highest BCUT2D eigenvalue weighted by Gasteiger charge is 2.59. The molecule has 0 bridgehead atoms. The maximum Gasteiger partial charge on any atom is 0.302 e. The van der Waals surface area contributed by atoms with Gasteiger partial charge in [-0.2, -0.15) is 5.26 Å². The number of hydrogen-bond donors (Lipinski definition) is 1. The standard InChI is InChI=1S/C31H34Cl2N2O3/c1-17(36)38-21-8-10-30(2)20(15-21)5-6-22-24(30)9-11-31(3)25(22)14-19(28(31)23(16-34)29(35)37)12-18-4-7-26(32)27(33)13-18/h4-5,7,12-13,21-22,24-25H,6,8-11,14-15H2,1-3H3,(H2,35,37)/b19-12+,28-23-/t21-,22+,24-,25-,30-,31-/m0/s1. The second-order valence-corrected chi connectivity index (χ2v) is 12.8. The molecule has 3 fully saturated rings. The summed E-state index contributed by atoms with van der Waals surface area (Å²) in [6.07, 6.45) is 10.7. The van der Waals surface area contributed by atoms with Crippen molar-refractivity contribution in [1.82, 2.24) is 0 Å². The van der Waals surface area contributed by atoms with Crippen LogP contribution in [0.2, 0.25) is 10.0 Å². The first-order valence-electron chi connectivity index (χ1n) is 13.5. The van der Waals surface area contributed by atoms with Crippen LogP contribution in [0.3, 0.4) is 0 Å². The predicted octanol–water partition coefficient (Wildman–Crippen LogP) is 7.19. The van der Waals surface area contributed by atoms with Gasteiger partial charge in [-0.15, -0.1) is 0 Å². The van der Waals surface area contributed by atoms with Crippen LogP contribution in [0, 0.1) is 39.9 Å². The van der Waals surface area contributed by atoms with E-state index in [-0.39, 0.29) is 34.4 Å². The van der Waals surface area contributed by atoms with Crippen molar-refractivity contribution in [1.29, 1.82) is 5.26 Å². The molecule has 4 aliphatic carbocycles. The molecule has 0 radical (unpaired) electrons. The Kier molecular flexibility index (Phi) is 7.03. The molecule has 0 saturated heterocycles. The van der Waals surface area contributed by atoms with Gasteiger partial charge in [0.2, 0.25) is 0 Å². The molecule has 7 heteroatoms. The number of fused-ring (bicyclic) bond motifs is 5. The van der Waals surface area contributed by atoms with Crippen LogP contribution in [0.25, 0.3) is 6.08 Å². The quantitative estimate of drug-likeness (QED) is 0.186. The smallest absolute Gasteiger partial charge is 0.302 e. The number of nitrogens with two attached hydrogens (primary N) is 1. The summed E-state index contributed by atoms with van der Waals surface area (Å²) in [5, 5.41) is 11.0. The first-order chi connectivity index (χ1) is 18.0. The number of allylic oxidation sites excluding steroid dienone is 3. The molecule has 0 unspecified atom stereocenters. The van der Waals surface area contributed by atoms with Crippen molar-refractivity contribution in [2.45, 2.75) is 71.8 Å². The zero-order valence-electron chi connectivity index (χ0n) is 22.2. The van der Waals surface area contributed by atoms with Crippen molar-refractivity contribution in [3.05, 3.63) is 62.2 Å². The summed E-state index contributed by atoms with van der Waals surface area (Å²) < 4.78 is 5.58. The molecule has 6 atom stereocenters. The Hall–Kier alpha value is -2.55. The number of nitrogens with zero attached hydrogens (tertiary/aromatic N) is 1. The molecule has 0 heterocycles. The van der Waals surface area contributed by atoms with Crippen LogP contribution in [-0.2, 0) is 14.3 Å². The zero-order chi connectivity index (χ0) is 27.4. The summed E-state index contributed by atoms with van der Waals surface area (Å²) in [5.74, 6) is 0.330. The summed E-state index contributed by atoms with van der Waals surface area (Å²) in [4.78, 5) is 24.1. The molecule has 5 nitrogen and oxygen atoms in total. The average Bonchev–Trinajstić information content (AvgIpc) is 3.13. The summed E-state index contributed by atoms with van der Waals surface area (Å²) >= 11 is 12.4. The number of carbonyl (C=O) groups is 2. The SMILES string of the molecule is CC(=O)O[C@H]1CC[C@@]2(C)C(=CC[C@@H]3[C@@H]2CC[C@]2(C)C(=C(/C#N)C(N)=O)/C(=C/c4ccc(Cl)c(Cl)c4)C[C@@H]32)C1. The number of hydrogen-bond acceptors (Lipinski definition) is 4. The van der Waals surface area contributed by atoms with Crippen LogP contribution in [-0.4, -0.2) is 18.0 Å². The van der Waals surface area contributed by atoms with Crippen LogP contribution in [0.15, 0.2) is 46.6 Å². The molecule has 1 aromatic rings. The number of halogens is 2. The van der Waals surface area contributed by atoms with E-state index in [0.717, 1.165) is 61.7 Å². The van der Waals surface area contributed by atoms with Crippen molar-refractivity contribution < 1.29 is 14.3 Å². The van der Waals surface area contributed by atoms with Crippen molar-refractivity contribution in [2.24, 2.45) is 34.3 Å². The van der Waals surface area contributed by atoms with E-state index in [1.54, 1.807) is 6.07 Å². The Morgan fingerprint density at radius 2 is 1.84 bits per heavy atom. The Morgan fingerprint density at radius 1 is 1.11 bits per heavy atom. The lowest BCUT2D eigenvalue weighted by molar-refractivity contribution is -0.148. The molecule has 0 aromatic heterocycles. The third kappa shape index (κ3) is 4.40. The van der Waals surface area contributed by atoms with Gasteiger partial charge in [-0.3, -0.25) is 9.59 Å². The maximum absolute atomic E-state index is 12.5. The molecule has 1 aromatic carbocycles. The zero-order valence-corrected chi connectivity index (χ0v) is 23.7. The number of ether oxygens (including phenoxy) is 1. The third-order valence-corrected chi connectivity index (χ3v) is 10.7. The highest BCUT2D eigenvalue weighted by molar-refractivity contribution is 6.42. The minimum absolute atomic E-state index is 0.0345. The lowest BCUT2D eigenvalue weighted by Gasteiger charge is -2.57. The number of benzene rings is 1. The summed E-state index contributed by atoms with van der Waals surface area (Å²) in [6.45, 7) is 6.10. The van der Waals surface area contributed by atoms with Crippen LogP contribution in [0.1, 0.15) is 71.3 Å². The minimum atomic E-state index is -0.673. The Bertz CT molecular complexity index is 1340. The molecule has 0 aliphatic heterocycles. The second-order valence-electron chi connectivity index (χ2n) is 12.0. The highest BCUT2D eigenvalue weighted by atomic mass is 35.5. The Morgan fingerprint density at radius 3 is 2.50 bits per heavy atom. The maximum atomic E-state index is 12.5. The summed E-state index contributed by atoms with van der Waals surface area (Å²) in [6, 6.07) is 7.63. The van der Waals surface area contributed by atoms with Gasteiger partial charge in [0.25, 0.3) is 5.91 Å². The van der Waals surface area contributed by atoms with Gasteiger partial charge in [0, 0.05) is 13.3 Å². The fourth-order valence-corrected chi connectivity index (χ4v) is 8.60. The van der Waals surface area contributed by atoms with Crippen LogP contribution >= 0.6 is 23.2 Å². The van der Waals surface area contributed by atoms with Crippen molar-refractivity contribution in [3.8, 4) is 6.07 Å². The molecule has 0 spiro atoms. The van der Waals surface area contributed by atoms with E-state index in [4.69, 9.17) is 33.7 Å².